The van der Waals surface area contributed by atoms with Crippen molar-refractivity contribution in [2.45, 2.75) is 18.8 Å². The minimum Gasteiger partial charge on any atom is -0.481 e. The maximum absolute atomic E-state index is 11.9. The summed E-state index contributed by atoms with van der Waals surface area (Å²) in [6, 6.07) is 9.30. The molecular formula is C13H18N2O3. The Hall–Kier alpha value is -1.88. The molecular weight excluding hydrogens is 232 g/mol. The Morgan fingerprint density at radius 3 is 2.50 bits per heavy atom. The lowest BCUT2D eigenvalue weighted by Crippen LogP contribution is -2.34. The third kappa shape index (κ3) is 4.55. The molecule has 0 aliphatic rings. The molecule has 0 fully saturated rings. The van der Waals surface area contributed by atoms with Gasteiger partial charge >= 0.3 is 5.97 Å². The van der Waals surface area contributed by atoms with E-state index >= 15 is 0 Å². The maximum Gasteiger partial charge on any atom is 0.303 e. The monoisotopic (exact) mass is 250 g/mol. The SMILES string of the molecule is NCC(C(=O)NCCCC(=O)O)c1ccccc1. The van der Waals surface area contributed by atoms with Gasteiger partial charge in [0.25, 0.3) is 0 Å². The van der Waals surface area contributed by atoms with E-state index in [1.54, 1.807) is 0 Å². The summed E-state index contributed by atoms with van der Waals surface area (Å²) in [7, 11) is 0. The van der Waals surface area contributed by atoms with Crippen LogP contribution in [-0.4, -0.2) is 30.1 Å². The number of benzene rings is 1. The summed E-state index contributed by atoms with van der Waals surface area (Å²) in [5, 5.41) is 11.2. The zero-order valence-electron chi connectivity index (χ0n) is 10.1. The van der Waals surface area contributed by atoms with Crippen LogP contribution in [0.2, 0.25) is 0 Å². The first kappa shape index (κ1) is 14.2. The van der Waals surface area contributed by atoms with Crippen LogP contribution in [0.4, 0.5) is 0 Å². The lowest BCUT2D eigenvalue weighted by molar-refractivity contribution is -0.137. The second kappa shape index (κ2) is 7.45. The lowest BCUT2D eigenvalue weighted by atomic mass is 9.98. The zero-order valence-corrected chi connectivity index (χ0v) is 10.1. The first-order chi connectivity index (χ1) is 8.65. The van der Waals surface area contributed by atoms with Gasteiger partial charge in [0.2, 0.25) is 5.91 Å². The van der Waals surface area contributed by atoms with Gasteiger partial charge in [-0.3, -0.25) is 9.59 Å². The van der Waals surface area contributed by atoms with Crippen LogP contribution in [0.1, 0.15) is 24.3 Å². The molecule has 0 spiro atoms. The van der Waals surface area contributed by atoms with E-state index in [0.29, 0.717) is 13.0 Å². The number of hydrogen-bond acceptors (Lipinski definition) is 3. The molecule has 1 aromatic carbocycles. The molecule has 18 heavy (non-hydrogen) atoms. The fourth-order valence-corrected chi connectivity index (χ4v) is 1.65. The summed E-state index contributed by atoms with van der Waals surface area (Å²) in [5.41, 5.74) is 6.47. The third-order valence-electron chi connectivity index (χ3n) is 2.62. The molecule has 0 radical (unpaired) electrons. The summed E-state index contributed by atoms with van der Waals surface area (Å²) in [6.07, 6.45) is 0.478. The van der Waals surface area contributed by atoms with Crippen molar-refractivity contribution < 1.29 is 14.7 Å². The van der Waals surface area contributed by atoms with Crippen LogP contribution < -0.4 is 11.1 Å². The van der Waals surface area contributed by atoms with Gasteiger partial charge in [0.05, 0.1) is 5.92 Å². The Morgan fingerprint density at radius 1 is 1.28 bits per heavy atom. The fraction of sp³-hybridized carbons (Fsp3) is 0.385. The Bertz CT molecular complexity index is 392. The Balaban J connectivity index is 2.46. The maximum atomic E-state index is 11.9. The number of rotatable bonds is 7. The summed E-state index contributed by atoms with van der Waals surface area (Å²) in [4.78, 5) is 22.2. The van der Waals surface area contributed by atoms with Gasteiger partial charge in [-0.2, -0.15) is 0 Å². The predicted octanol–water partition coefficient (Wildman–Crippen LogP) is 0.710. The van der Waals surface area contributed by atoms with Gasteiger partial charge < -0.3 is 16.2 Å². The highest BCUT2D eigenvalue weighted by Gasteiger charge is 2.17. The molecule has 0 saturated carbocycles. The largest absolute Gasteiger partial charge is 0.481 e. The van der Waals surface area contributed by atoms with Gasteiger partial charge in [-0.25, -0.2) is 0 Å². The topological polar surface area (TPSA) is 92.4 Å². The van der Waals surface area contributed by atoms with E-state index in [0.717, 1.165) is 5.56 Å². The van der Waals surface area contributed by atoms with E-state index in [1.807, 2.05) is 30.3 Å². The van der Waals surface area contributed by atoms with Gasteiger partial charge in [-0.1, -0.05) is 30.3 Å². The number of carbonyl (C=O) groups excluding carboxylic acids is 1. The first-order valence-electron chi connectivity index (χ1n) is 5.89. The van der Waals surface area contributed by atoms with Gasteiger partial charge in [0, 0.05) is 19.5 Å². The summed E-state index contributed by atoms with van der Waals surface area (Å²) in [5.74, 6) is -1.40. The number of nitrogens with one attached hydrogen (secondary N) is 1. The van der Waals surface area contributed by atoms with Crippen molar-refractivity contribution in [2.24, 2.45) is 5.73 Å². The molecule has 5 heteroatoms. The summed E-state index contributed by atoms with van der Waals surface area (Å²) in [6.45, 7) is 0.587. The van der Waals surface area contributed by atoms with Crippen LogP contribution in [-0.2, 0) is 9.59 Å². The van der Waals surface area contributed by atoms with Gasteiger partial charge in [0.15, 0.2) is 0 Å². The van der Waals surface area contributed by atoms with Crippen LogP contribution in [0.3, 0.4) is 0 Å². The molecule has 1 amide bonds. The van der Waals surface area contributed by atoms with Crippen molar-refractivity contribution in [2.75, 3.05) is 13.1 Å². The second-order valence-corrected chi connectivity index (χ2v) is 3.99. The van der Waals surface area contributed by atoms with Gasteiger partial charge in [0.1, 0.15) is 0 Å². The minimum absolute atomic E-state index is 0.0545. The van der Waals surface area contributed by atoms with Crippen molar-refractivity contribution in [1.29, 1.82) is 0 Å². The minimum atomic E-state index is -0.859. The third-order valence-corrected chi connectivity index (χ3v) is 2.62. The molecule has 1 unspecified atom stereocenters. The van der Waals surface area contributed by atoms with E-state index in [2.05, 4.69) is 5.32 Å². The standard InChI is InChI=1S/C13H18N2O3/c14-9-11(10-5-2-1-3-6-10)13(18)15-8-4-7-12(16)17/h1-3,5-6,11H,4,7-9,14H2,(H,15,18)(H,16,17). The Kier molecular flexibility index (Phi) is 5.87. The molecule has 0 aromatic heterocycles. The molecule has 4 N–H and O–H groups in total. The lowest BCUT2D eigenvalue weighted by Gasteiger charge is -2.14. The molecule has 1 aromatic rings. The molecule has 1 rings (SSSR count). The zero-order chi connectivity index (χ0) is 13.4. The predicted molar refractivity (Wildman–Crippen MR) is 68.1 cm³/mol. The van der Waals surface area contributed by atoms with Crippen molar-refractivity contribution in [3.05, 3.63) is 35.9 Å². The number of carboxylic acid groups (broad SMARTS) is 1. The van der Waals surface area contributed by atoms with E-state index in [1.165, 1.54) is 0 Å². The van der Waals surface area contributed by atoms with Crippen LogP contribution >= 0.6 is 0 Å². The number of carboxylic acids is 1. The highest BCUT2D eigenvalue weighted by atomic mass is 16.4. The average Bonchev–Trinajstić information content (AvgIpc) is 2.36. The van der Waals surface area contributed by atoms with Crippen molar-refractivity contribution >= 4 is 11.9 Å². The Labute approximate surface area is 106 Å². The van der Waals surface area contributed by atoms with Crippen LogP contribution in [0.15, 0.2) is 30.3 Å². The smallest absolute Gasteiger partial charge is 0.303 e. The van der Waals surface area contributed by atoms with Crippen LogP contribution in [0.5, 0.6) is 0 Å². The van der Waals surface area contributed by atoms with Crippen molar-refractivity contribution in [3.8, 4) is 0 Å². The van der Waals surface area contributed by atoms with Crippen LogP contribution in [0.25, 0.3) is 0 Å². The van der Waals surface area contributed by atoms with E-state index < -0.39 is 5.97 Å². The molecule has 0 aliphatic heterocycles. The van der Waals surface area contributed by atoms with E-state index in [4.69, 9.17) is 10.8 Å². The molecule has 98 valence electrons. The van der Waals surface area contributed by atoms with Crippen molar-refractivity contribution in [3.63, 3.8) is 0 Å². The highest BCUT2D eigenvalue weighted by Crippen LogP contribution is 2.13. The van der Waals surface area contributed by atoms with E-state index in [-0.39, 0.29) is 24.8 Å². The molecule has 0 heterocycles. The molecule has 0 aliphatic carbocycles. The number of hydrogen-bond donors (Lipinski definition) is 3. The van der Waals surface area contributed by atoms with E-state index in [9.17, 15) is 9.59 Å². The number of nitrogens with two attached hydrogens (primary N) is 1. The quantitative estimate of drug-likeness (QED) is 0.621. The molecule has 0 bridgehead atoms. The fourth-order valence-electron chi connectivity index (χ4n) is 1.65. The summed E-state index contributed by atoms with van der Waals surface area (Å²) < 4.78 is 0. The Morgan fingerprint density at radius 2 is 1.94 bits per heavy atom. The first-order valence-corrected chi connectivity index (χ1v) is 5.89. The van der Waals surface area contributed by atoms with Gasteiger partial charge in [-0.15, -0.1) is 0 Å². The van der Waals surface area contributed by atoms with Gasteiger partial charge in [-0.05, 0) is 12.0 Å². The van der Waals surface area contributed by atoms with Crippen LogP contribution in [0, 0.1) is 0 Å². The second-order valence-electron chi connectivity index (χ2n) is 3.99. The average molecular weight is 250 g/mol. The number of aliphatic carboxylic acids is 1. The summed E-state index contributed by atoms with van der Waals surface area (Å²) >= 11 is 0. The van der Waals surface area contributed by atoms with Crippen molar-refractivity contribution in [1.82, 2.24) is 5.32 Å². The number of carbonyl (C=O) groups is 2. The normalized spacial score (nSPS) is 11.8. The molecule has 0 saturated heterocycles. The number of amides is 1. The highest BCUT2D eigenvalue weighted by molar-refractivity contribution is 5.83. The molecule has 5 nitrogen and oxygen atoms in total. The molecule has 1 atom stereocenters.